The second-order valence-corrected chi connectivity index (χ2v) is 5.39. The fourth-order valence-corrected chi connectivity index (χ4v) is 2.30. The largest absolute Gasteiger partial charge is 0.339 e. The van der Waals surface area contributed by atoms with E-state index in [1.54, 1.807) is 9.80 Å². The van der Waals surface area contributed by atoms with Gasteiger partial charge in [-0.05, 0) is 19.9 Å². The quantitative estimate of drug-likeness (QED) is 0.776. The molecule has 1 aromatic heterocycles. The molecule has 0 aliphatic carbocycles. The lowest BCUT2D eigenvalue weighted by molar-refractivity contribution is -0.130. The maximum Gasteiger partial charge on any atom is 0.274 e. The van der Waals surface area contributed by atoms with E-state index in [-0.39, 0.29) is 29.1 Å². The van der Waals surface area contributed by atoms with Gasteiger partial charge in [0, 0.05) is 39.2 Å². The van der Waals surface area contributed by atoms with E-state index in [9.17, 15) is 14.4 Å². The maximum absolute atomic E-state index is 12.4. The van der Waals surface area contributed by atoms with Crippen LogP contribution in [0.2, 0.25) is 0 Å². The molecule has 0 unspecified atom stereocenters. The van der Waals surface area contributed by atoms with Crippen molar-refractivity contribution < 1.29 is 9.59 Å². The Labute approximate surface area is 123 Å². The molecule has 21 heavy (non-hydrogen) atoms. The van der Waals surface area contributed by atoms with Crippen LogP contribution >= 0.6 is 0 Å². The minimum absolute atomic E-state index is 0.0218. The first-order chi connectivity index (χ1) is 9.90. The monoisotopic (exact) mass is 292 g/mol. The average Bonchev–Trinajstić information content (AvgIpc) is 2.46. The summed E-state index contributed by atoms with van der Waals surface area (Å²) in [5.41, 5.74) is 0.0440. The Hall–Kier alpha value is -2.18. The highest BCUT2D eigenvalue weighted by Gasteiger charge is 2.24. The summed E-state index contributed by atoms with van der Waals surface area (Å²) in [6.07, 6.45) is 0. The molecule has 1 aromatic rings. The summed E-state index contributed by atoms with van der Waals surface area (Å²) in [7, 11) is 0. The van der Waals surface area contributed by atoms with Crippen LogP contribution in [0.15, 0.2) is 16.9 Å². The van der Waals surface area contributed by atoms with Crippen LogP contribution in [-0.2, 0) is 4.79 Å². The minimum Gasteiger partial charge on any atom is -0.339 e. The van der Waals surface area contributed by atoms with Gasteiger partial charge in [0.15, 0.2) is 0 Å². The van der Waals surface area contributed by atoms with Crippen molar-refractivity contribution in [2.45, 2.75) is 26.8 Å². The number of nitrogens with zero attached hydrogens (tertiary/aromatic N) is 4. The van der Waals surface area contributed by atoms with Gasteiger partial charge in [-0.25, -0.2) is 4.68 Å². The van der Waals surface area contributed by atoms with Crippen molar-refractivity contribution in [3.63, 3.8) is 0 Å². The SMILES string of the molecule is CC(=O)N1CCN(C(=O)c2ccc(=O)n(C(C)C)n2)CC1. The predicted molar refractivity (Wildman–Crippen MR) is 77.0 cm³/mol. The summed E-state index contributed by atoms with van der Waals surface area (Å²) < 4.78 is 1.30. The van der Waals surface area contributed by atoms with Gasteiger partial charge in [0.2, 0.25) is 5.91 Å². The third-order valence-corrected chi connectivity index (χ3v) is 3.55. The van der Waals surface area contributed by atoms with Crippen LogP contribution in [0.3, 0.4) is 0 Å². The predicted octanol–water partition coefficient (Wildman–Crippen LogP) is 0.129. The molecule has 114 valence electrons. The molecule has 2 heterocycles. The molecule has 2 amide bonds. The van der Waals surface area contributed by atoms with E-state index in [1.807, 2.05) is 13.8 Å². The molecule has 0 radical (unpaired) electrons. The normalized spacial score (nSPS) is 15.4. The number of carbonyl (C=O) groups excluding carboxylic acids is 2. The highest BCUT2D eigenvalue weighted by molar-refractivity contribution is 5.92. The van der Waals surface area contributed by atoms with Gasteiger partial charge in [-0.1, -0.05) is 0 Å². The third kappa shape index (κ3) is 3.29. The van der Waals surface area contributed by atoms with E-state index in [0.717, 1.165) is 0 Å². The molecule has 1 fully saturated rings. The zero-order valence-corrected chi connectivity index (χ0v) is 12.6. The number of aromatic nitrogens is 2. The van der Waals surface area contributed by atoms with Crippen molar-refractivity contribution in [1.82, 2.24) is 19.6 Å². The fourth-order valence-electron chi connectivity index (χ4n) is 2.30. The average molecular weight is 292 g/mol. The molecular weight excluding hydrogens is 272 g/mol. The summed E-state index contributed by atoms with van der Waals surface area (Å²) >= 11 is 0. The summed E-state index contributed by atoms with van der Waals surface area (Å²) in [5.74, 6) is -0.179. The molecule has 7 heteroatoms. The van der Waals surface area contributed by atoms with Crippen LogP contribution < -0.4 is 5.56 Å². The molecule has 0 saturated carbocycles. The first-order valence-corrected chi connectivity index (χ1v) is 7.05. The van der Waals surface area contributed by atoms with Gasteiger partial charge < -0.3 is 9.80 Å². The molecule has 0 atom stereocenters. The van der Waals surface area contributed by atoms with E-state index in [2.05, 4.69) is 5.10 Å². The second kappa shape index (κ2) is 6.07. The Morgan fingerprint density at radius 2 is 1.67 bits per heavy atom. The zero-order valence-electron chi connectivity index (χ0n) is 12.6. The second-order valence-electron chi connectivity index (χ2n) is 5.39. The van der Waals surface area contributed by atoms with Crippen LogP contribution in [0.5, 0.6) is 0 Å². The summed E-state index contributed by atoms with van der Waals surface area (Å²) in [6.45, 7) is 7.25. The lowest BCUT2D eigenvalue weighted by atomic mass is 10.2. The topological polar surface area (TPSA) is 75.5 Å². The molecule has 0 aromatic carbocycles. The van der Waals surface area contributed by atoms with E-state index in [4.69, 9.17) is 0 Å². The molecule has 7 nitrogen and oxygen atoms in total. The Morgan fingerprint density at radius 3 is 2.19 bits per heavy atom. The number of hydrogen-bond acceptors (Lipinski definition) is 4. The smallest absolute Gasteiger partial charge is 0.274 e. The highest BCUT2D eigenvalue weighted by atomic mass is 16.2. The van der Waals surface area contributed by atoms with Gasteiger partial charge in [-0.15, -0.1) is 0 Å². The molecular formula is C14H20N4O3. The number of piperazine rings is 1. The minimum atomic E-state index is -0.219. The molecule has 1 aliphatic rings. The van der Waals surface area contributed by atoms with Crippen molar-refractivity contribution in [3.05, 3.63) is 28.2 Å². The van der Waals surface area contributed by atoms with Crippen molar-refractivity contribution in [2.24, 2.45) is 0 Å². The van der Waals surface area contributed by atoms with Crippen LogP contribution in [0.1, 0.15) is 37.3 Å². The van der Waals surface area contributed by atoms with Crippen molar-refractivity contribution in [3.8, 4) is 0 Å². The van der Waals surface area contributed by atoms with Gasteiger partial charge in [-0.2, -0.15) is 5.10 Å². The van der Waals surface area contributed by atoms with Crippen LogP contribution in [0, 0.1) is 0 Å². The fraction of sp³-hybridized carbons (Fsp3) is 0.571. The standard InChI is InChI=1S/C14H20N4O3/c1-10(2)18-13(20)5-4-12(15-18)14(21)17-8-6-16(7-9-17)11(3)19/h4-5,10H,6-9H2,1-3H3. The lowest BCUT2D eigenvalue weighted by Crippen LogP contribution is -2.50. The summed E-state index contributed by atoms with van der Waals surface area (Å²) in [4.78, 5) is 38.7. The van der Waals surface area contributed by atoms with Gasteiger partial charge in [0.1, 0.15) is 5.69 Å². The Balaban J connectivity index is 2.13. The van der Waals surface area contributed by atoms with Gasteiger partial charge in [-0.3, -0.25) is 14.4 Å². The molecule has 0 spiro atoms. The van der Waals surface area contributed by atoms with Crippen LogP contribution in [-0.4, -0.2) is 57.6 Å². The Morgan fingerprint density at radius 1 is 1.10 bits per heavy atom. The van der Waals surface area contributed by atoms with E-state index < -0.39 is 0 Å². The first-order valence-electron chi connectivity index (χ1n) is 7.05. The van der Waals surface area contributed by atoms with Crippen molar-refractivity contribution >= 4 is 11.8 Å². The van der Waals surface area contributed by atoms with Crippen molar-refractivity contribution in [1.29, 1.82) is 0 Å². The third-order valence-electron chi connectivity index (χ3n) is 3.55. The summed E-state index contributed by atoms with van der Waals surface area (Å²) in [6, 6.07) is 2.73. The maximum atomic E-state index is 12.4. The number of amides is 2. The Kier molecular flexibility index (Phi) is 4.40. The number of hydrogen-bond donors (Lipinski definition) is 0. The first kappa shape index (κ1) is 15.2. The van der Waals surface area contributed by atoms with Crippen molar-refractivity contribution in [2.75, 3.05) is 26.2 Å². The zero-order chi connectivity index (χ0) is 15.6. The van der Waals surface area contributed by atoms with E-state index in [1.165, 1.54) is 23.7 Å². The van der Waals surface area contributed by atoms with Crippen LogP contribution in [0.4, 0.5) is 0 Å². The van der Waals surface area contributed by atoms with E-state index >= 15 is 0 Å². The van der Waals surface area contributed by atoms with Gasteiger partial charge >= 0.3 is 0 Å². The molecule has 0 N–H and O–H groups in total. The highest BCUT2D eigenvalue weighted by Crippen LogP contribution is 2.07. The number of carbonyl (C=O) groups is 2. The van der Waals surface area contributed by atoms with Gasteiger partial charge in [0.05, 0.1) is 6.04 Å². The molecule has 0 bridgehead atoms. The van der Waals surface area contributed by atoms with Crippen LogP contribution in [0.25, 0.3) is 0 Å². The Bertz CT molecular complexity index is 600. The van der Waals surface area contributed by atoms with Gasteiger partial charge in [0.25, 0.3) is 11.5 Å². The molecule has 1 aliphatic heterocycles. The van der Waals surface area contributed by atoms with E-state index in [0.29, 0.717) is 26.2 Å². The number of rotatable bonds is 2. The summed E-state index contributed by atoms with van der Waals surface area (Å²) in [5, 5.41) is 4.13. The molecule has 2 rings (SSSR count). The molecule has 1 saturated heterocycles. The lowest BCUT2D eigenvalue weighted by Gasteiger charge is -2.34.